The largest absolute Gasteiger partial charge is 0.383 e. The smallest absolute Gasteiger partial charge is 0.277 e. The van der Waals surface area contributed by atoms with Gasteiger partial charge in [-0.2, -0.15) is 17.9 Å². The third-order valence-corrected chi connectivity index (χ3v) is 4.53. The zero-order valence-electron chi connectivity index (χ0n) is 10.0. The Bertz CT molecular complexity index is 540. The lowest BCUT2D eigenvalue weighted by Gasteiger charge is -2.26. The summed E-state index contributed by atoms with van der Waals surface area (Å²) >= 11 is 0. The molecule has 1 aromatic rings. The molecule has 0 saturated heterocycles. The zero-order chi connectivity index (χ0) is 12.6. The first-order chi connectivity index (χ1) is 8.62. The molecule has 18 heavy (non-hydrogen) atoms. The predicted octanol–water partition coefficient (Wildman–Crippen LogP) is 0.610. The van der Waals surface area contributed by atoms with Crippen molar-refractivity contribution < 1.29 is 8.42 Å². The maximum Gasteiger partial charge on any atom is 0.277 e. The lowest BCUT2D eigenvalue weighted by atomic mass is 10.0. The number of para-hydroxylation sites is 1. The molecule has 5 nitrogen and oxygen atoms in total. The van der Waals surface area contributed by atoms with Crippen molar-refractivity contribution in [3.05, 3.63) is 29.8 Å². The summed E-state index contributed by atoms with van der Waals surface area (Å²) in [5.74, 6) is 0. The first-order valence-corrected chi connectivity index (χ1v) is 7.72. The van der Waals surface area contributed by atoms with Gasteiger partial charge >= 0.3 is 0 Å². The van der Waals surface area contributed by atoms with Crippen LogP contribution in [0.25, 0.3) is 0 Å². The van der Waals surface area contributed by atoms with Crippen LogP contribution in [0, 0.1) is 0 Å². The summed E-state index contributed by atoms with van der Waals surface area (Å²) in [6.45, 7) is 0.628. The molecule has 1 heterocycles. The summed E-state index contributed by atoms with van der Waals surface area (Å²) in [5, 5.41) is 3.25. The summed E-state index contributed by atoms with van der Waals surface area (Å²) in [4.78, 5) is 0. The molecule has 2 aliphatic rings. The fourth-order valence-electron chi connectivity index (χ4n) is 2.20. The van der Waals surface area contributed by atoms with Crippen LogP contribution in [-0.2, 0) is 16.6 Å². The average Bonchev–Trinajstić information content (AvgIpc) is 3.11. The monoisotopic (exact) mass is 267 g/mol. The van der Waals surface area contributed by atoms with Gasteiger partial charge in [0.2, 0.25) is 0 Å². The van der Waals surface area contributed by atoms with E-state index < -0.39 is 10.2 Å². The van der Waals surface area contributed by atoms with E-state index in [9.17, 15) is 8.42 Å². The van der Waals surface area contributed by atoms with Crippen molar-refractivity contribution in [1.29, 1.82) is 0 Å². The Hall–Kier alpha value is -1.11. The van der Waals surface area contributed by atoms with Crippen LogP contribution in [0.4, 0.5) is 5.69 Å². The van der Waals surface area contributed by atoms with E-state index in [1.165, 1.54) is 0 Å². The van der Waals surface area contributed by atoms with E-state index in [0.717, 1.165) is 30.5 Å². The van der Waals surface area contributed by atoms with Crippen molar-refractivity contribution in [3.8, 4) is 0 Å². The van der Waals surface area contributed by atoms with Gasteiger partial charge in [0.1, 0.15) is 0 Å². The second kappa shape index (κ2) is 4.53. The molecule has 1 unspecified atom stereocenters. The molecule has 1 atom stereocenters. The number of anilines is 1. The van der Waals surface area contributed by atoms with Gasteiger partial charge in [-0.3, -0.25) is 0 Å². The maximum atomic E-state index is 11.8. The van der Waals surface area contributed by atoms with E-state index >= 15 is 0 Å². The van der Waals surface area contributed by atoms with Gasteiger partial charge in [0.05, 0.1) is 0 Å². The van der Waals surface area contributed by atoms with Crippen molar-refractivity contribution in [3.63, 3.8) is 0 Å². The first kappa shape index (κ1) is 12.0. The average molecular weight is 267 g/mol. The van der Waals surface area contributed by atoms with Crippen molar-refractivity contribution in [2.75, 3.05) is 11.9 Å². The Balaban J connectivity index is 1.65. The number of hydrogen-bond acceptors (Lipinski definition) is 3. The second-order valence-electron chi connectivity index (χ2n) is 4.95. The fraction of sp³-hybridized carbons (Fsp3) is 0.500. The van der Waals surface area contributed by atoms with E-state index in [-0.39, 0.29) is 12.1 Å². The Kier molecular flexibility index (Phi) is 3.01. The number of rotatable bonds is 4. The molecule has 0 amide bonds. The van der Waals surface area contributed by atoms with Crippen LogP contribution in [0.5, 0.6) is 0 Å². The van der Waals surface area contributed by atoms with Gasteiger partial charge < -0.3 is 5.32 Å². The highest BCUT2D eigenvalue weighted by atomic mass is 32.2. The maximum absolute atomic E-state index is 11.8. The van der Waals surface area contributed by atoms with Gasteiger partial charge in [0.15, 0.2) is 0 Å². The molecule has 0 aromatic heterocycles. The van der Waals surface area contributed by atoms with Crippen LogP contribution >= 0.6 is 0 Å². The van der Waals surface area contributed by atoms with E-state index in [1.54, 1.807) is 0 Å². The van der Waals surface area contributed by atoms with Gasteiger partial charge in [0, 0.05) is 24.3 Å². The molecule has 0 bridgehead atoms. The minimum Gasteiger partial charge on any atom is -0.383 e. The minimum absolute atomic E-state index is 0.0869. The van der Waals surface area contributed by atoms with E-state index in [2.05, 4.69) is 14.8 Å². The lowest BCUT2D eigenvalue weighted by molar-refractivity contribution is 0.535. The molecular formula is C12H17N3O2S. The fourth-order valence-corrected chi connectivity index (χ4v) is 3.55. The number of fused-ring (bicyclic) bond motifs is 1. The molecule has 1 aliphatic carbocycles. The normalized spacial score (nSPS) is 23.2. The van der Waals surface area contributed by atoms with E-state index in [4.69, 9.17) is 0 Å². The molecular weight excluding hydrogens is 250 g/mol. The predicted molar refractivity (Wildman–Crippen MR) is 70.6 cm³/mol. The summed E-state index contributed by atoms with van der Waals surface area (Å²) in [7, 11) is -3.36. The molecule has 1 aromatic carbocycles. The molecule has 1 aliphatic heterocycles. The van der Waals surface area contributed by atoms with Crippen molar-refractivity contribution in [1.82, 2.24) is 9.44 Å². The standard InChI is InChI=1S/C12H17N3O2S/c16-18(17,14-10-5-6-10)15-11-7-9-3-1-2-4-12(9)13-8-11/h1-4,10-11,13-15H,5-8H2. The van der Waals surface area contributed by atoms with Crippen molar-refractivity contribution >= 4 is 15.9 Å². The zero-order valence-corrected chi connectivity index (χ0v) is 10.8. The van der Waals surface area contributed by atoms with Gasteiger partial charge in [-0.25, -0.2) is 0 Å². The summed E-state index contributed by atoms with van der Waals surface area (Å²) in [6, 6.07) is 8.05. The lowest BCUT2D eigenvalue weighted by Crippen LogP contribution is -2.48. The molecule has 0 radical (unpaired) electrons. The quantitative estimate of drug-likeness (QED) is 0.748. The topological polar surface area (TPSA) is 70.2 Å². The highest BCUT2D eigenvalue weighted by molar-refractivity contribution is 7.87. The van der Waals surface area contributed by atoms with Gasteiger partial charge in [-0.1, -0.05) is 18.2 Å². The van der Waals surface area contributed by atoms with E-state index in [1.807, 2.05) is 24.3 Å². The highest BCUT2D eigenvalue weighted by Crippen LogP contribution is 2.22. The van der Waals surface area contributed by atoms with E-state index in [0.29, 0.717) is 6.54 Å². The van der Waals surface area contributed by atoms with Gasteiger partial charge in [0.25, 0.3) is 10.2 Å². The third kappa shape index (κ3) is 2.82. The highest BCUT2D eigenvalue weighted by Gasteiger charge is 2.29. The Morgan fingerprint density at radius 2 is 1.83 bits per heavy atom. The van der Waals surface area contributed by atoms with Crippen LogP contribution in [-0.4, -0.2) is 27.0 Å². The van der Waals surface area contributed by atoms with Crippen LogP contribution in [0.1, 0.15) is 18.4 Å². The number of hydrogen-bond donors (Lipinski definition) is 3. The molecule has 3 rings (SSSR count). The molecule has 1 fully saturated rings. The van der Waals surface area contributed by atoms with Crippen LogP contribution in [0.2, 0.25) is 0 Å². The molecule has 3 N–H and O–H groups in total. The van der Waals surface area contributed by atoms with Crippen LogP contribution < -0.4 is 14.8 Å². The van der Waals surface area contributed by atoms with Gasteiger partial charge in [-0.05, 0) is 30.9 Å². The second-order valence-corrected chi connectivity index (χ2v) is 6.43. The summed E-state index contributed by atoms with van der Waals surface area (Å²) in [6.07, 6.45) is 2.63. The Morgan fingerprint density at radius 1 is 1.11 bits per heavy atom. The Labute approximate surface area is 107 Å². The van der Waals surface area contributed by atoms with Crippen molar-refractivity contribution in [2.45, 2.75) is 31.3 Å². The summed E-state index contributed by atoms with van der Waals surface area (Å²) < 4.78 is 29.0. The van der Waals surface area contributed by atoms with Crippen LogP contribution in [0.15, 0.2) is 24.3 Å². The first-order valence-electron chi connectivity index (χ1n) is 6.24. The molecule has 1 saturated carbocycles. The molecule has 0 spiro atoms. The SMILES string of the molecule is O=S(=O)(NC1CC1)NC1CNc2ccccc2C1. The van der Waals surface area contributed by atoms with Gasteiger partial charge in [-0.15, -0.1) is 0 Å². The third-order valence-electron chi connectivity index (χ3n) is 3.24. The summed E-state index contributed by atoms with van der Waals surface area (Å²) in [5.41, 5.74) is 2.26. The van der Waals surface area contributed by atoms with Crippen LogP contribution in [0.3, 0.4) is 0 Å². The molecule has 98 valence electrons. The number of benzene rings is 1. The molecule has 6 heteroatoms. The Morgan fingerprint density at radius 3 is 2.61 bits per heavy atom. The van der Waals surface area contributed by atoms with Crippen molar-refractivity contribution in [2.24, 2.45) is 0 Å². The number of nitrogens with one attached hydrogen (secondary N) is 3. The minimum atomic E-state index is -3.36.